The molecule has 6 nitrogen and oxygen atoms in total. The summed E-state index contributed by atoms with van der Waals surface area (Å²) in [7, 11) is 3.07. The number of benzene rings is 2. The van der Waals surface area contributed by atoms with Crippen molar-refractivity contribution in [3.8, 4) is 11.5 Å². The number of ether oxygens (including phenoxy) is 2. The Labute approximate surface area is 163 Å². The topological polar surface area (TPSA) is 80.4 Å². The number of aromatic nitrogens is 1. The van der Waals surface area contributed by atoms with Gasteiger partial charge in [-0.1, -0.05) is 12.1 Å². The summed E-state index contributed by atoms with van der Waals surface area (Å²) in [5.74, 6) is 0.824. The summed E-state index contributed by atoms with van der Waals surface area (Å²) >= 11 is 0. The van der Waals surface area contributed by atoms with Gasteiger partial charge in [-0.3, -0.25) is 9.59 Å². The molecule has 0 aliphatic heterocycles. The Morgan fingerprint density at radius 3 is 2.43 bits per heavy atom. The summed E-state index contributed by atoms with van der Waals surface area (Å²) in [5.41, 5.74) is 3.99. The van der Waals surface area contributed by atoms with E-state index < -0.39 is 0 Å². The van der Waals surface area contributed by atoms with Crippen LogP contribution in [0, 0.1) is 13.8 Å². The van der Waals surface area contributed by atoms with Gasteiger partial charge < -0.3 is 19.8 Å². The monoisotopic (exact) mass is 380 g/mol. The quantitative estimate of drug-likeness (QED) is 0.688. The van der Waals surface area contributed by atoms with Crippen molar-refractivity contribution in [2.75, 3.05) is 20.8 Å². The third-order valence-corrected chi connectivity index (χ3v) is 4.85. The lowest BCUT2D eigenvalue weighted by molar-refractivity contribution is 0.0953. The highest BCUT2D eigenvalue weighted by atomic mass is 16.5. The zero-order valence-corrected chi connectivity index (χ0v) is 16.5. The standard InChI is InChI=1S/C22H24N2O4/c1-13-5-6-14(2)20-17(13)11-16(22(26)24-20)9-10-23-21(25)15-7-8-18(27-3)19(12-15)28-4/h5-8,11-12H,9-10H2,1-4H3,(H,23,25)(H,24,26). The van der Waals surface area contributed by atoms with Gasteiger partial charge >= 0.3 is 0 Å². The van der Waals surface area contributed by atoms with Crippen LogP contribution in [0.1, 0.15) is 27.0 Å². The first-order valence-electron chi connectivity index (χ1n) is 9.07. The van der Waals surface area contributed by atoms with Gasteiger partial charge in [0.15, 0.2) is 11.5 Å². The van der Waals surface area contributed by atoms with E-state index in [4.69, 9.17) is 9.47 Å². The summed E-state index contributed by atoms with van der Waals surface area (Å²) in [5, 5.41) is 3.88. The molecule has 1 amide bonds. The van der Waals surface area contributed by atoms with Crippen LogP contribution in [-0.4, -0.2) is 31.7 Å². The molecule has 3 aromatic rings. The zero-order chi connectivity index (χ0) is 20.3. The SMILES string of the molecule is COc1ccc(C(=O)NCCc2cc3c(C)ccc(C)c3[nH]c2=O)cc1OC. The molecule has 0 saturated heterocycles. The Balaban J connectivity index is 1.73. The average molecular weight is 380 g/mol. The van der Waals surface area contributed by atoms with E-state index in [1.807, 2.05) is 32.0 Å². The van der Waals surface area contributed by atoms with Crippen LogP contribution in [0.5, 0.6) is 11.5 Å². The normalized spacial score (nSPS) is 10.7. The Kier molecular flexibility index (Phi) is 5.68. The molecule has 28 heavy (non-hydrogen) atoms. The zero-order valence-electron chi connectivity index (χ0n) is 16.5. The van der Waals surface area contributed by atoms with Gasteiger partial charge in [-0.2, -0.15) is 0 Å². The third kappa shape index (κ3) is 3.86. The van der Waals surface area contributed by atoms with Crippen molar-refractivity contribution in [1.29, 1.82) is 0 Å². The highest BCUT2D eigenvalue weighted by Gasteiger charge is 2.11. The van der Waals surface area contributed by atoms with Crippen molar-refractivity contribution in [2.24, 2.45) is 0 Å². The summed E-state index contributed by atoms with van der Waals surface area (Å²) in [4.78, 5) is 27.8. The molecule has 2 N–H and O–H groups in total. The van der Waals surface area contributed by atoms with E-state index in [0.29, 0.717) is 35.6 Å². The molecule has 0 spiro atoms. The fraction of sp³-hybridized carbons (Fsp3) is 0.273. The second kappa shape index (κ2) is 8.17. The molecular weight excluding hydrogens is 356 g/mol. The number of hydrogen-bond donors (Lipinski definition) is 2. The van der Waals surface area contributed by atoms with Crippen LogP contribution in [0.25, 0.3) is 10.9 Å². The molecule has 0 radical (unpaired) electrons. The summed E-state index contributed by atoms with van der Waals surface area (Å²) in [6, 6.07) is 10.9. The highest BCUT2D eigenvalue weighted by molar-refractivity contribution is 5.94. The van der Waals surface area contributed by atoms with E-state index in [1.54, 1.807) is 25.3 Å². The molecule has 1 heterocycles. The maximum atomic E-state index is 12.4. The number of pyridine rings is 1. The van der Waals surface area contributed by atoms with Crippen LogP contribution in [0.3, 0.4) is 0 Å². The van der Waals surface area contributed by atoms with Crippen LogP contribution < -0.4 is 20.3 Å². The molecule has 1 aromatic heterocycles. The molecule has 0 fully saturated rings. The molecule has 2 aromatic carbocycles. The van der Waals surface area contributed by atoms with Gasteiger partial charge in [-0.25, -0.2) is 0 Å². The number of carbonyl (C=O) groups is 1. The molecule has 146 valence electrons. The van der Waals surface area contributed by atoms with Crippen molar-refractivity contribution in [1.82, 2.24) is 10.3 Å². The van der Waals surface area contributed by atoms with Gasteiger partial charge in [0.2, 0.25) is 0 Å². The van der Waals surface area contributed by atoms with Crippen molar-refractivity contribution < 1.29 is 14.3 Å². The lowest BCUT2D eigenvalue weighted by Gasteiger charge is -2.11. The summed E-state index contributed by atoms with van der Waals surface area (Å²) in [6.45, 7) is 4.34. The number of fused-ring (bicyclic) bond motifs is 1. The Morgan fingerprint density at radius 2 is 1.71 bits per heavy atom. The highest BCUT2D eigenvalue weighted by Crippen LogP contribution is 2.27. The van der Waals surface area contributed by atoms with Crippen LogP contribution in [0.15, 0.2) is 41.2 Å². The number of aryl methyl sites for hydroxylation is 2. The minimum Gasteiger partial charge on any atom is -0.493 e. The van der Waals surface area contributed by atoms with Crippen molar-refractivity contribution >= 4 is 16.8 Å². The number of hydrogen-bond acceptors (Lipinski definition) is 4. The van der Waals surface area contributed by atoms with E-state index in [2.05, 4.69) is 10.3 Å². The Hall–Kier alpha value is -3.28. The van der Waals surface area contributed by atoms with Crippen LogP contribution in [0.4, 0.5) is 0 Å². The molecule has 0 bridgehead atoms. The second-order valence-electron chi connectivity index (χ2n) is 6.69. The molecule has 0 aliphatic rings. The average Bonchev–Trinajstić information content (AvgIpc) is 2.71. The Bertz CT molecular complexity index is 1090. The molecule has 6 heteroatoms. The van der Waals surface area contributed by atoms with E-state index in [-0.39, 0.29) is 11.5 Å². The van der Waals surface area contributed by atoms with E-state index in [9.17, 15) is 9.59 Å². The summed E-state index contributed by atoms with van der Waals surface area (Å²) in [6.07, 6.45) is 0.442. The number of methoxy groups -OCH3 is 2. The van der Waals surface area contributed by atoms with Gasteiger partial charge in [0.1, 0.15) is 0 Å². The van der Waals surface area contributed by atoms with Crippen molar-refractivity contribution in [2.45, 2.75) is 20.3 Å². The van der Waals surface area contributed by atoms with Gasteiger partial charge in [0, 0.05) is 23.1 Å². The first kappa shape index (κ1) is 19.5. The van der Waals surface area contributed by atoms with Crippen LogP contribution in [0.2, 0.25) is 0 Å². The molecule has 0 atom stereocenters. The lowest BCUT2D eigenvalue weighted by atomic mass is 10.0. The predicted molar refractivity (Wildman–Crippen MR) is 110 cm³/mol. The number of amides is 1. The van der Waals surface area contributed by atoms with Gasteiger partial charge in [-0.05, 0) is 55.7 Å². The number of H-pyrrole nitrogens is 1. The summed E-state index contributed by atoms with van der Waals surface area (Å²) < 4.78 is 10.4. The molecular formula is C22H24N2O4. The fourth-order valence-electron chi connectivity index (χ4n) is 3.19. The van der Waals surface area contributed by atoms with Gasteiger partial charge in [0.05, 0.1) is 19.7 Å². The minimum atomic E-state index is -0.231. The maximum absolute atomic E-state index is 12.4. The molecule has 3 rings (SSSR count). The third-order valence-electron chi connectivity index (χ3n) is 4.85. The smallest absolute Gasteiger partial charge is 0.251 e. The maximum Gasteiger partial charge on any atom is 0.251 e. The van der Waals surface area contributed by atoms with Crippen LogP contribution in [-0.2, 0) is 6.42 Å². The van der Waals surface area contributed by atoms with Gasteiger partial charge in [-0.15, -0.1) is 0 Å². The molecule has 0 saturated carbocycles. The lowest BCUT2D eigenvalue weighted by Crippen LogP contribution is -2.27. The van der Waals surface area contributed by atoms with Crippen molar-refractivity contribution in [3.63, 3.8) is 0 Å². The number of aromatic amines is 1. The number of carbonyl (C=O) groups excluding carboxylic acids is 1. The molecule has 0 aliphatic carbocycles. The van der Waals surface area contributed by atoms with E-state index in [1.165, 1.54) is 7.11 Å². The number of nitrogens with one attached hydrogen (secondary N) is 2. The van der Waals surface area contributed by atoms with Crippen LogP contribution >= 0.6 is 0 Å². The molecule has 0 unspecified atom stereocenters. The largest absolute Gasteiger partial charge is 0.493 e. The predicted octanol–water partition coefficient (Wildman–Crippen LogP) is 3.13. The minimum absolute atomic E-state index is 0.124. The van der Waals surface area contributed by atoms with E-state index in [0.717, 1.165) is 22.0 Å². The van der Waals surface area contributed by atoms with Gasteiger partial charge in [0.25, 0.3) is 11.5 Å². The fourth-order valence-corrected chi connectivity index (χ4v) is 3.19. The van der Waals surface area contributed by atoms with Crippen molar-refractivity contribution in [3.05, 3.63) is 69.0 Å². The Morgan fingerprint density at radius 1 is 1.00 bits per heavy atom. The number of rotatable bonds is 6. The second-order valence-corrected chi connectivity index (χ2v) is 6.69. The first-order valence-corrected chi connectivity index (χ1v) is 9.07. The first-order chi connectivity index (χ1) is 13.4. The van der Waals surface area contributed by atoms with E-state index >= 15 is 0 Å².